The number of hydrogen-bond donors (Lipinski definition) is 1. The summed E-state index contributed by atoms with van der Waals surface area (Å²) >= 11 is 4.46. The average Bonchev–Trinajstić information content (AvgIpc) is 3.42. The largest absolute Gasteiger partial charge is 0.353 e. The van der Waals surface area contributed by atoms with Gasteiger partial charge in [-0.15, -0.1) is 22.7 Å². The second-order valence-electron chi connectivity index (χ2n) is 7.32. The van der Waals surface area contributed by atoms with Gasteiger partial charge >= 0.3 is 0 Å². The Bertz CT molecular complexity index is 1070. The van der Waals surface area contributed by atoms with Crippen molar-refractivity contribution >= 4 is 50.6 Å². The van der Waals surface area contributed by atoms with Crippen LogP contribution in [0.15, 0.2) is 32.8 Å². The summed E-state index contributed by atoms with van der Waals surface area (Å²) in [5, 5.41) is 8.47. The van der Waals surface area contributed by atoms with E-state index in [1.54, 1.807) is 15.9 Å². The molecule has 3 aromatic rings. The molecule has 0 spiro atoms. The smallest absolute Gasteiger partial charge is 0.263 e. The van der Waals surface area contributed by atoms with E-state index in [1.165, 1.54) is 23.1 Å². The molecule has 1 aliphatic rings. The lowest BCUT2D eigenvalue weighted by Crippen LogP contribution is -2.45. The predicted octanol–water partition coefficient (Wildman–Crippen LogP) is 3.90. The summed E-state index contributed by atoms with van der Waals surface area (Å²) < 4.78 is 1.68. The minimum absolute atomic E-state index is 0.0115. The highest BCUT2D eigenvalue weighted by Crippen LogP contribution is 2.34. The van der Waals surface area contributed by atoms with Gasteiger partial charge in [0.05, 0.1) is 11.1 Å². The number of carbonyl (C=O) groups excluding carboxylic acids is 1. The second-order valence-corrected chi connectivity index (χ2v) is 10.1. The van der Waals surface area contributed by atoms with Crippen LogP contribution in [0.2, 0.25) is 0 Å². The number of piperidine rings is 1. The van der Waals surface area contributed by atoms with Crippen molar-refractivity contribution in [3.05, 3.63) is 33.2 Å². The fourth-order valence-corrected chi connectivity index (χ4v) is 6.48. The first-order valence-corrected chi connectivity index (χ1v) is 13.1. The van der Waals surface area contributed by atoms with Crippen molar-refractivity contribution in [1.29, 1.82) is 0 Å². The van der Waals surface area contributed by atoms with E-state index >= 15 is 0 Å². The molecule has 0 saturated carbocycles. The summed E-state index contributed by atoms with van der Waals surface area (Å²) in [6, 6.07) is 4.26. The zero-order valence-corrected chi connectivity index (χ0v) is 19.7. The van der Waals surface area contributed by atoms with Gasteiger partial charge in [0, 0.05) is 41.5 Å². The molecular weight excluding hydrogens is 436 g/mol. The molecule has 0 aromatic carbocycles. The Hall–Kier alpha value is -1.68. The quantitative estimate of drug-likeness (QED) is 0.426. The number of fused-ring (bicyclic) bond motifs is 1. The number of likely N-dealkylation sites (tertiary alicyclic amines) is 1. The van der Waals surface area contributed by atoms with Crippen molar-refractivity contribution in [1.82, 2.24) is 19.8 Å². The number of thiophene rings is 2. The lowest BCUT2D eigenvalue weighted by Gasteiger charge is -2.31. The van der Waals surface area contributed by atoms with Gasteiger partial charge in [-0.2, -0.15) is 0 Å². The van der Waals surface area contributed by atoms with E-state index in [1.807, 2.05) is 29.8 Å². The van der Waals surface area contributed by atoms with E-state index in [9.17, 15) is 9.59 Å². The highest BCUT2D eigenvalue weighted by atomic mass is 32.2. The maximum absolute atomic E-state index is 13.2. The molecule has 0 unspecified atom stereocenters. The first-order chi connectivity index (χ1) is 14.6. The van der Waals surface area contributed by atoms with Crippen molar-refractivity contribution < 1.29 is 4.79 Å². The van der Waals surface area contributed by atoms with Crippen molar-refractivity contribution in [3.63, 3.8) is 0 Å². The van der Waals surface area contributed by atoms with Crippen LogP contribution in [0.5, 0.6) is 0 Å². The molecule has 0 radical (unpaired) electrons. The maximum atomic E-state index is 13.2. The highest BCUT2D eigenvalue weighted by Gasteiger charge is 2.21. The number of carbonyl (C=O) groups is 1. The topological polar surface area (TPSA) is 67.2 Å². The monoisotopic (exact) mass is 462 g/mol. The molecule has 4 rings (SSSR count). The van der Waals surface area contributed by atoms with Crippen LogP contribution < -0.4 is 10.9 Å². The first-order valence-electron chi connectivity index (χ1n) is 10.3. The Morgan fingerprint density at radius 2 is 2.07 bits per heavy atom. The lowest BCUT2D eigenvalue weighted by molar-refractivity contribution is -0.119. The predicted molar refractivity (Wildman–Crippen MR) is 127 cm³/mol. The summed E-state index contributed by atoms with van der Waals surface area (Å²) in [6.45, 7) is 7.78. The average molecular weight is 463 g/mol. The van der Waals surface area contributed by atoms with Crippen LogP contribution in [0.4, 0.5) is 0 Å². The SMILES string of the molecule is CCN1CCC(NC(=O)CSc2nc3scc(-c4cccs4)c3c(=O)n2CC)CC1. The number of thioether (sulfide) groups is 1. The third-order valence-corrected chi connectivity index (χ3v) is 8.25. The molecular formula is C21H26N4O2S3. The fourth-order valence-electron chi connectivity index (χ4n) is 3.80. The van der Waals surface area contributed by atoms with E-state index in [0.717, 1.165) is 47.7 Å². The number of nitrogens with zero attached hydrogens (tertiary/aromatic N) is 3. The second kappa shape index (κ2) is 9.64. The standard InChI is InChI=1S/C21H26N4O2S3/c1-3-24-9-7-14(8-10-24)22-17(26)13-30-21-23-19-18(20(27)25(21)4-2)15(12-29-19)16-6-5-11-28-16/h5-6,11-12,14H,3-4,7-10,13H2,1-2H3,(H,22,26). The Balaban J connectivity index is 1.48. The van der Waals surface area contributed by atoms with Crippen molar-refractivity contribution in [2.24, 2.45) is 0 Å². The molecule has 1 amide bonds. The van der Waals surface area contributed by atoms with Crippen LogP contribution in [0.3, 0.4) is 0 Å². The zero-order valence-electron chi connectivity index (χ0n) is 17.2. The normalized spacial score (nSPS) is 15.7. The molecule has 1 saturated heterocycles. The van der Waals surface area contributed by atoms with Gasteiger partial charge in [0.2, 0.25) is 5.91 Å². The molecule has 1 N–H and O–H groups in total. The molecule has 30 heavy (non-hydrogen) atoms. The Labute approximate surface area is 188 Å². The van der Waals surface area contributed by atoms with Gasteiger partial charge in [0.25, 0.3) is 5.56 Å². The summed E-state index contributed by atoms with van der Waals surface area (Å²) in [5.74, 6) is 0.284. The number of hydrogen-bond acceptors (Lipinski definition) is 7. The molecule has 0 atom stereocenters. The summed E-state index contributed by atoms with van der Waals surface area (Å²) in [7, 11) is 0. The van der Waals surface area contributed by atoms with Crippen molar-refractivity contribution in [3.8, 4) is 10.4 Å². The summed E-state index contributed by atoms with van der Waals surface area (Å²) in [5.41, 5.74) is 0.930. The highest BCUT2D eigenvalue weighted by molar-refractivity contribution is 7.99. The fraction of sp³-hybridized carbons (Fsp3) is 0.476. The molecule has 3 aromatic heterocycles. The first kappa shape index (κ1) is 21.5. The van der Waals surface area contributed by atoms with Gasteiger partial charge in [-0.05, 0) is 37.8 Å². The Morgan fingerprint density at radius 3 is 2.73 bits per heavy atom. The lowest BCUT2D eigenvalue weighted by atomic mass is 10.1. The van der Waals surface area contributed by atoms with E-state index < -0.39 is 0 Å². The minimum atomic E-state index is -0.0259. The molecule has 4 heterocycles. The maximum Gasteiger partial charge on any atom is 0.263 e. The Morgan fingerprint density at radius 1 is 1.27 bits per heavy atom. The number of amides is 1. The molecule has 0 bridgehead atoms. The summed E-state index contributed by atoms with van der Waals surface area (Å²) in [6.07, 6.45) is 1.99. The number of aromatic nitrogens is 2. The molecule has 9 heteroatoms. The summed E-state index contributed by atoms with van der Waals surface area (Å²) in [4.78, 5) is 34.6. The van der Waals surface area contributed by atoms with Gasteiger partial charge < -0.3 is 10.2 Å². The van der Waals surface area contributed by atoms with Gasteiger partial charge in [-0.3, -0.25) is 14.2 Å². The number of nitrogens with one attached hydrogen (secondary N) is 1. The minimum Gasteiger partial charge on any atom is -0.353 e. The van der Waals surface area contributed by atoms with Crippen LogP contribution in [0, 0.1) is 0 Å². The van der Waals surface area contributed by atoms with Gasteiger partial charge in [0.15, 0.2) is 5.16 Å². The number of rotatable bonds is 7. The van der Waals surface area contributed by atoms with E-state index in [4.69, 9.17) is 4.98 Å². The van der Waals surface area contributed by atoms with Crippen LogP contribution in [-0.4, -0.2) is 51.8 Å². The van der Waals surface area contributed by atoms with Crippen LogP contribution in [0.1, 0.15) is 26.7 Å². The third-order valence-electron chi connectivity index (χ3n) is 5.49. The van der Waals surface area contributed by atoms with Crippen molar-refractivity contribution in [2.45, 2.75) is 44.4 Å². The van der Waals surface area contributed by atoms with Gasteiger partial charge in [-0.1, -0.05) is 24.8 Å². The molecule has 1 aliphatic heterocycles. The van der Waals surface area contributed by atoms with Crippen LogP contribution >= 0.6 is 34.4 Å². The zero-order chi connectivity index (χ0) is 21.1. The van der Waals surface area contributed by atoms with Gasteiger partial charge in [-0.25, -0.2) is 4.98 Å². The molecule has 6 nitrogen and oxygen atoms in total. The van der Waals surface area contributed by atoms with Crippen LogP contribution in [0.25, 0.3) is 20.7 Å². The Kier molecular flexibility index (Phi) is 6.92. The van der Waals surface area contributed by atoms with Crippen molar-refractivity contribution in [2.75, 3.05) is 25.4 Å². The van der Waals surface area contributed by atoms with Gasteiger partial charge in [0.1, 0.15) is 4.83 Å². The molecule has 0 aliphatic carbocycles. The molecule has 1 fully saturated rings. The van der Waals surface area contributed by atoms with E-state index in [-0.39, 0.29) is 23.3 Å². The van der Waals surface area contributed by atoms with E-state index in [2.05, 4.69) is 17.1 Å². The van der Waals surface area contributed by atoms with E-state index in [0.29, 0.717) is 17.1 Å². The third kappa shape index (κ3) is 4.49. The molecule has 160 valence electrons. The van der Waals surface area contributed by atoms with Crippen LogP contribution in [-0.2, 0) is 11.3 Å².